The number of hydrogen-bond acceptors (Lipinski definition) is 2. The lowest BCUT2D eigenvalue weighted by molar-refractivity contribution is -0.0498. The van der Waals surface area contributed by atoms with Crippen LogP contribution >= 0.6 is 0 Å². The van der Waals surface area contributed by atoms with Crippen LogP contribution in [0, 0.1) is 5.92 Å². The van der Waals surface area contributed by atoms with Crippen molar-refractivity contribution in [3.05, 3.63) is 24.3 Å². The molecule has 0 spiro atoms. The summed E-state index contributed by atoms with van der Waals surface area (Å²) < 4.78 is 27.9. The molecule has 0 bridgehead atoms. The highest BCUT2D eigenvalue weighted by Crippen LogP contribution is 2.29. The Bertz CT molecular complexity index is 309. The van der Waals surface area contributed by atoms with E-state index in [1.54, 1.807) is 24.3 Å². The Kier molecular flexibility index (Phi) is 3.04. The highest BCUT2D eigenvalue weighted by atomic mass is 19.3. The van der Waals surface area contributed by atoms with E-state index < -0.39 is 6.61 Å². The first kappa shape index (κ1) is 10.2. The molecule has 0 radical (unpaired) electrons. The molecule has 1 aliphatic carbocycles. The van der Waals surface area contributed by atoms with Crippen molar-refractivity contribution in [2.45, 2.75) is 19.5 Å². The smallest absolute Gasteiger partial charge is 0.387 e. The lowest BCUT2D eigenvalue weighted by atomic mass is 10.3. The summed E-state index contributed by atoms with van der Waals surface area (Å²) in [5.41, 5.74) is 0.948. The largest absolute Gasteiger partial charge is 0.435 e. The number of rotatable bonds is 5. The van der Waals surface area contributed by atoms with Gasteiger partial charge in [-0.1, -0.05) is 0 Å². The third-order valence-electron chi connectivity index (χ3n) is 2.37. The number of anilines is 1. The molecule has 0 heterocycles. The Hall–Kier alpha value is -1.32. The molecule has 1 aliphatic rings. The van der Waals surface area contributed by atoms with E-state index in [1.165, 1.54) is 12.8 Å². The molecule has 0 unspecified atom stereocenters. The van der Waals surface area contributed by atoms with Crippen LogP contribution in [0.2, 0.25) is 0 Å². The van der Waals surface area contributed by atoms with Gasteiger partial charge in [0.25, 0.3) is 0 Å². The van der Waals surface area contributed by atoms with Gasteiger partial charge in [0, 0.05) is 12.2 Å². The van der Waals surface area contributed by atoms with Crippen LogP contribution in [0.4, 0.5) is 14.5 Å². The summed E-state index contributed by atoms with van der Waals surface area (Å²) >= 11 is 0. The summed E-state index contributed by atoms with van der Waals surface area (Å²) in [6.45, 7) is -1.79. The van der Waals surface area contributed by atoms with E-state index in [2.05, 4.69) is 10.1 Å². The van der Waals surface area contributed by atoms with Gasteiger partial charge < -0.3 is 10.1 Å². The third-order valence-corrected chi connectivity index (χ3v) is 2.37. The van der Waals surface area contributed by atoms with Crippen molar-refractivity contribution in [1.29, 1.82) is 0 Å². The topological polar surface area (TPSA) is 21.3 Å². The van der Waals surface area contributed by atoms with E-state index in [-0.39, 0.29) is 5.75 Å². The lowest BCUT2D eigenvalue weighted by Crippen LogP contribution is -2.04. The zero-order valence-corrected chi connectivity index (χ0v) is 8.25. The van der Waals surface area contributed by atoms with E-state index in [9.17, 15) is 8.78 Å². The van der Waals surface area contributed by atoms with Gasteiger partial charge in [-0.25, -0.2) is 0 Å². The predicted molar refractivity (Wildman–Crippen MR) is 54.3 cm³/mol. The van der Waals surface area contributed by atoms with Gasteiger partial charge in [-0.3, -0.25) is 0 Å². The SMILES string of the molecule is FC(F)Oc1ccc(NCC2CC2)cc1. The highest BCUT2D eigenvalue weighted by molar-refractivity contribution is 5.46. The molecule has 1 saturated carbocycles. The van der Waals surface area contributed by atoms with E-state index in [4.69, 9.17) is 0 Å². The van der Waals surface area contributed by atoms with Crippen molar-refractivity contribution >= 4 is 5.69 Å². The van der Waals surface area contributed by atoms with E-state index in [1.807, 2.05) is 0 Å². The minimum Gasteiger partial charge on any atom is -0.435 e. The molecule has 0 aliphatic heterocycles. The highest BCUT2D eigenvalue weighted by Gasteiger charge is 2.20. The van der Waals surface area contributed by atoms with Crippen molar-refractivity contribution in [3.8, 4) is 5.75 Å². The molecule has 0 aromatic heterocycles. The van der Waals surface area contributed by atoms with Crippen molar-refractivity contribution in [2.24, 2.45) is 5.92 Å². The molecule has 1 aromatic rings. The van der Waals surface area contributed by atoms with Gasteiger partial charge in [0.15, 0.2) is 0 Å². The van der Waals surface area contributed by atoms with Crippen molar-refractivity contribution in [1.82, 2.24) is 0 Å². The second-order valence-corrected chi connectivity index (χ2v) is 3.73. The number of hydrogen-bond donors (Lipinski definition) is 1. The van der Waals surface area contributed by atoms with Gasteiger partial charge in [-0.05, 0) is 43.0 Å². The molecule has 1 fully saturated rings. The minimum absolute atomic E-state index is 0.196. The average Bonchev–Trinajstić information content (AvgIpc) is 2.99. The summed E-state index contributed by atoms with van der Waals surface area (Å²) in [7, 11) is 0. The first-order valence-corrected chi connectivity index (χ1v) is 5.03. The Balaban J connectivity index is 1.85. The maximum absolute atomic E-state index is 11.8. The fourth-order valence-electron chi connectivity index (χ4n) is 1.34. The van der Waals surface area contributed by atoms with Crippen LogP contribution in [-0.4, -0.2) is 13.2 Å². The van der Waals surface area contributed by atoms with Gasteiger partial charge in [0.2, 0.25) is 0 Å². The lowest BCUT2D eigenvalue weighted by Gasteiger charge is -2.07. The van der Waals surface area contributed by atoms with Gasteiger partial charge in [-0.15, -0.1) is 0 Å². The van der Waals surface area contributed by atoms with Crippen LogP contribution in [0.25, 0.3) is 0 Å². The molecule has 2 nitrogen and oxygen atoms in total. The fraction of sp³-hybridized carbons (Fsp3) is 0.455. The Morgan fingerprint density at radius 1 is 1.27 bits per heavy atom. The van der Waals surface area contributed by atoms with Crippen LogP contribution in [0.1, 0.15) is 12.8 Å². The quantitative estimate of drug-likeness (QED) is 0.811. The van der Waals surface area contributed by atoms with Gasteiger partial charge in [0.1, 0.15) is 5.75 Å². The maximum Gasteiger partial charge on any atom is 0.387 e. The molecule has 0 saturated heterocycles. The molecule has 0 atom stereocenters. The predicted octanol–water partition coefficient (Wildman–Crippen LogP) is 3.11. The number of ether oxygens (including phenoxy) is 1. The van der Waals surface area contributed by atoms with E-state index in [0.717, 1.165) is 18.2 Å². The van der Waals surface area contributed by atoms with Crippen molar-refractivity contribution in [3.63, 3.8) is 0 Å². The molecule has 0 amide bonds. The zero-order valence-electron chi connectivity index (χ0n) is 8.25. The number of halogens is 2. The Labute approximate surface area is 87.2 Å². The Morgan fingerprint density at radius 3 is 2.47 bits per heavy atom. The van der Waals surface area contributed by atoms with Crippen LogP contribution in [-0.2, 0) is 0 Å². The normalized spacial score (nSPS) is 15.4. The van der Waals surface area contributed by atoms with Crippen LogP contribution in [0.5, 0.6) is 5.75 Å². The number of benzene rings is 1. The second-order valence-electron chi connectivity index (χ2n) is 3.73. The Morgan fingerprint density at radius 2 is 1.93 bits per heavy atom. The van der Waals surface area contributed by atoms with E-state index >= 15 is 0 Å². The van der Waals surface area contributed by atoms with Crippen LogP contribution in [0.15, 0.2) is 24.3 Å². The number of alkyl halides is 2. The van der Waals surface area contributed by atoms with Crippen molar-refractivity contribution < 1.29 is 13.5 Å². The molecule has 1 aromatic carbocycles. The third kappa shape index (κ3) is 3.38. The van der Waals surface area contributed by atoms with Gasteiger partial charge >= 0.3 is 6.61 Å². The molecular formula is C11H13F2NO. The zero-order chi connectivity index (χ0) is 10.7. The summed E-state index contributed by atoms with van der Waals surface area (Å²) in [4.78, 5) is 0. The molecule has 2 rings (SSSR count). The van der Waals surface area contributed by atoms with Crippen LogP contribution in [0.3, 0.4) is 0 Å². The van der Waals surface area contributed by atoms with Crippen molar-refractivity contribution in [2.75, 3.05) is 11.9 Å². The summed E-state index contributed by atoms with van der Waals surface area (Å²) in [5, 5.41) is 3.24. The summed E-state index contributed by atoms with van der Waals surface area (Å²) in [5.74, 6) is 0.990. The summed E-state index contributed by atoms with van der Waals surface area (Å²) in [6.07, 6.45) is 2.58. The van der Waals surface area contributed by atoms with Gasteiger partial charge in [-0.2, -0.15) is 8.78 Å². The molecule has 15 heavy (non-hydrogen) atoms. The molecule has 1 N–H and O–H groups in total. The monoisotopic (exact) mass is 213 g/mol. The van der Waals surface area contributed by atoms with Crippen LogP contribution < -0.4 is 10.1 Å². The summed E-state index contributed by atoms with van der Waals surface area (Å²) in [6, 6.07) is 6.59. The first-order chi connectivity index (χ1) is 7.24. The standard InChI is InChI=1S/C11H13F2NO/c12-11(13)15-10-5-3-9(4-6-10)14-7-8-1-2-8/h3-6,8,11,14H,1-2,7H2. The minimum atomic E-state index is -2.75. The number of nitrogens with one attached hydrogen (secondary N) is 1. The average molecular weight is 213 g/mol. The maximum atomic E-state index is 11.8. The second kappa shape index (κ2) is 4.47. The first-order valence-electron chi connectivity index (χ1n) is 5.03. The molecular weight excluding hydrogens is 200 g/mol. The fourth-order valence-corrected chi connectivity index (χ4v) is 1.34. The van der Waals surface area contributed by atoms with Gasteiger partial charge in [0.05, 0.1) is 0 Å². The molecule has 82 valence electrons. The van der Waals surface area contributed by atoms with E-state index in [0.29, 0.717) is 0 Å². The molecule has 4 heteroatoms.